The van der Waals surface area contributed by atoms with Gasteiger partial charge in [0.1, 0.15) is 6.61 Å². The molecule has 1 aliphatic rings. The number of hydrogen-bond acceptors (Lipinski definition) is 4. The molecule has 0 N–H and O–H groups in total. The molecule has 120 valence electrons. The minimum Gasteiger partial charge on any atom is -0.461 e. The Balaban J connectivity index is 1.43. The Morgan fingerprint density at radius 1 is 0.958 bits per heavy atom. The Morgan fingerprint density at radius 3 is 2.75 bits per heavy atom. The van der Waals surface area contributed by atoms with Gasteiger partial charge in [0.25, 0.3) is 0 Å². The lowest BCUT2D eigenvalue weighted by molar-refractivity contribution is -0.144. The average molecular weight is 320 g/mol. The van der Waals surface area contributed by atoms with Crippen LogP contribution in [-0.4, -0.2) is 12.8 Å². The molecule has 0 radical (unpaired) electrons. The average Bonchev–Trinajstić information content (AvgIpc) is 3.08. The van der Waals surface area contributed by atoms with Gasteiger partial charge in [-0.15, -0.1) is 0 Å². The number of fused-ring (bicyclic) bond motifs is 2. The van der Waals surface area contributed by atoms with Crippen LogP contribution in [0.5, 0.6) is 11.5 Å². The van der Waals surface area contributed by atoms with Crippen molar-refractivity contribution in [2.45, 2.75) is 13.0 Å². The maximum absolute atomic E-state index is 12.2. The van der Waals surface area contributed by atoms with Crippen LogP contribution < -0.4 is 9.47 Å². The van der Waals surface area contributed by atoms with Gasteiger partial charge >= 0.3 is 5.97 Å². The molecule has 0 fully saturated rings. The Labute approximate surface area is 139 Å². The molecule has 0 aromatic heterocycles. The number of esters is 1. The predicted octanol–water partition coefficient (Wildman–Crippen LogP) is 3.85. The fraction of sp³-hybridized carbons (Fsp3) is 0.150. The van der Waals surface area contributed by atoms with Gasteiger partial charge < -0.3 is 14.2 Å². The first-order chi connectivity index (χ1) is 11.8. The summed E-state index contributed by atoms with van der Waals surface area (Å²) in [6.45, 7) is 0.458. The number of carbonyl (C=O) groups excluding carboxylic acids is 1. The Morgan fingerprint density at radius 2 is 1.79 bits per heavy atom. The standard InChI is InChI=1S/C20H16O4/c21-20(11-16-6-3-5-15-4-1-2-7-17(15)16)22-12-14-8-9-18-19(10-14)24-13-23-18/h1-10H,11-13H2. The Bertz CT molecular complexity index is 896. The summed E-state index contributed by atoms with van der Waals surface area (Å²) in [5, 5.41) is 2.21. The second kappa shape index (κ2) is 6.24. The zero-order valence-electron chi connectivity index (χ0n) is 13.0. The van der Waals surface area contributed by atoms with Crippen LogP contribution in [0.4, 0.5) is 0 Å². The summed E-state index contributed by atoms with van der Waals surface area (Å²) >= 11 is 0. The molecule has 0 bridgehead atoms. The highest BCUT2D eigenvalue weighted by Gasteiger charge is 2.14. The van der Waals surface area contributed by atoms with E-state index in [0.717, 1.165) is 27.6 Å². The molecule has 0 amide bonds. The topological polar surface area (TPSA) is 44.8 Å². The Hall–Kier alpha value is -3.01. The lowest BCUT2D eigenvalue weighted by Gasteiger charge is -2.08. The van der Waals surface area contributed by atoms with E-state index in [2.05, 4.69) is 0 Å². The Kier molecular flexibility index (Phi) is 3.79. The van der Waals surface area contributed by atoms with Gasteiger partial charge in [-0.2, -0.15) is 0 Å². The van der Waals surface area contributed by atoms with Crippen LogP contribution in [0.3, 0.4) is 0 Å². The summed E-state index contributed by atoms with van der Waals surface area (Å²) < 4.78 is 16.0. The van der Waals surface area contributed by atoms with E-state index in [0.29, 0.717) is 5.75 Å². The molecular weight excluding hydrogens is 304 g/mol. The van der Waals surface area contributed by atoms with Crippen molar-refractivity contribution in [2.24, 2.45) is 0 Å². The summed E-state index contributed by atoms with van der Waals surface area (Å²) in [7, 11) is 0. The van der Waals surface area contributed by atoms with Crippen LogP contribution in [0.1, 0.15) is 11.1 Å². The van der Waals surface area contributed by atoms with E-state index in [9.17, 15) is 4.79 Å². The van der Waals surface area contributed by atoms with Crippen molar-refractivity contribution in [3.05, 3.63) is 71.8 Å². The molecule has 0 spiro atoms. The van der Waals surface area contributed by atoms with Gasteiger partial charge in [-0.25, -0.2) is 0 Å². The van der Waals surface area contributed by atoms with Crippen molar-refractivity contribution in [2.75, 3.05) is 6.79 Å². The second-order valence-corrected chi connectivity index (χ2v) is 5.66. The van der Waals surface area contributed by atoms with Crippen LogP contribution in [0.2, 0.25) is 0 Å². The first-order valence-electron chi connectivity index (χ1n) is 7.80. The lowest BCUT2D eigenvalue weighted by Crippen LogP contribution is -2.08. The third-order valence-corrected chi connectivity index (χ3v) is 4.05. The zero-order valence-corrected chi connectivity index (χ0v) is 13.0. The number of hydrogen-bond donors (Lipinski definition) is 0. The molecule has 4 heteroatoms. The SMILES string of the molecule is O=C(Cc1cccc2ccccc12)OCc1ccc2c(c1)OCO2. The van der Waals surface area contributed by atoms with Crippen LogP contribution in [0.25, 0.3) is 10.8 Å². The first kappa shape index (κ1) is 14.6. The number of benzene rings is 3. The van der Waals surface area contributed by atoms with Crippen molar-refractivity contribution < 1.29 is 19.0 Å². The summed E-state index contributed by atoms with van der Waals surface area (Å²) in [4.78, 5) is 12.2. The van der Waals surface area contributed by atoms with E-state index in [4.69, 9.17) is 14.2 Å². The summed E-state index contributed by atoms with van der Waals surface area (Å²) in [6.07, 6.45) is 0.256. The summed E-state index contributed by atoms with van der Waals surface area (Å²) in [5.74, 6) is 1.17. The van der Waals surface area contributed by atoms with Crippen molar-refractivity contribution in [1.82, 2.24) is 0 Å². The van der Waals surface area contributed by atoms with E-state index in [1.165, 1.54) is 0 Å². The van der Waals surface area contributed by atoms with Crippen LogP contribution in [-0.2, 0) is 22.6 Å². The first-order valence-corrected chi connectivity index (χ1v) is 7.80. The van der Waals surface area contributed by atoms with Crippen LogP contribution in [0, 0.1) is 0 Å². The molecule has 4 nitrogen and oxygen atoms in total. The fourth-order valence-corrected chi connectivity index (χ4v) is 2.85. The minimum absolute atomic E-state index is 0.222. The van der Waals surface area contributed by atoms with Gasteiger partial charge in [0, 0.05) is 0 Å². The molecule has 3 aromatic rings. The van der Waals surface area contributed by atoms with Crippen LogP contribution in [0.15, 0.2) is 60.7 Å². The largest absolute Gasteiger partial charge is 0.461 e. The third kappa shape index (κ3) is 2.91. The van der Waals surface area contributed by atoms with Crippen molar-refractivity contribution >= 4 is 16.7 Å². The molecule has 0 saturated heterocycles. The predicted molar refractivity (Wildman–Crippen MR) is 90.0 cm³/mol. The fourth-order valence-electron chi connectivity index (χ4n) is 2.85. The maximum Gasteiger partial charge on any atom is 0.310 e. The highest BCUT2D eigenvalue weighted by atomic mass is 16.7. The smallest absolute Gasteiger partial charge is 0.310 e. The van der Waals surface area contributed by atoms with E-state index in [1.807, 2.05) is 60.7 Å². The van der Waals surface area contributed by atoms with Crippen molar-refractivity contribution in [3.8, 4) is 11.5 Å². The van der Waals surface area contributed by atoms with Gasteiger partial charge in [0.05, 0.1) is 6.42 Å². The van der Waals surface area contributed by atoms with Gasteiger partial charge in [0.2, 0.25) is 6.79 Å². The molecule has 4 rings (SSSR count). The van der Waals surface area contributed by atoms with Gasteiger partial charge in [-0.3, -0.25) is 4.79 Å². The molecule has 24 heavy (non-hydrogen) atoms. The lowest BCUT2D eigenvalue weighted by atomic mass is 10.0. The van der Waals surface area contributed by atoms with Gasteiger partial charge in [-0.05, 0) is 34.0 Å². The van der Waals surface area contributed by atoms with E-state index >= 15 is 0 Å². The molecule has 3 aromatic carbocycles. The van der Waals surface area contributed by atoms with Crippen LogP contribution >= 0.6 is 0 Å². The third-order valence-electron chi connectivity index (χ3n) is 4.05. The van der Waals surface area contributed by atoms with E-state index in [1.54, 1.807) is 0 Å². The van der Waals surface area contributed by atoms with Crippen molar-refractivity contribution in [1.29, 1.82) is 0 Å². The highest BCUT2D eigenvalue weighted by Crippen LogP contribution is 2.32. The quantitative estimate of drug-likeness (QED) is 0.685. The van der Waals surface area contributed by atoms with Gasteiger partial charge in [-0.1, -0.05) is 48.5 Å². The monoisotopic (exact) mass is 320 g/mol. The highest BCUT2D eigenvalue weighted by molar-refractivity contribution is 5.88. The molecule has 0 unspecified atom stereocenters. The normalized spacial score (nSPS) is 12.3. The minimum atomic E-state index is -0.246. The number of rotatable bonds is 4. The molecule has 0 saturated carbocycles. The maximum atomic E-state index is 12.2. The van der Waals surface area contributed by atoms with E-state index < -0.39 is 0 Å². The summed E-state index contributed by atoms with van der Waals surface area (Å²) in [6, 6.07) is 19.5. The van der Waals surface area contributed by atoms with E-state index in [-0.39, 0.29) is 25.8 Å². The summed E-state index contributed by atoms with van der Waals surface area (Å²) in [5.41, 5.74) is 1.86. The zero-order chi connectivity index (χ0) is 16.4. The van der Waals surface area contributed by atoms with Gasteiger partial charge in [0.15, 0.2) is 11.5 Å². The molecule has 0 aliphatic carbocycles. The molecule has 0 atom stereocenters. The second-order valence-electron chi connectivity index (χ2n) is 5.66. The number of carbonyl (C=O) groups is 1. The molecular formula is C20H16O4. The molecule has 1 heterocycles. The molecule has 1 aliphatic heterocycles. The van der Waals surface area contributed by atoms with Crippen molar-refractivity contribution in [3.63, 3.8) is 0 Å². The number of ether oxygens (including phenoxy) is 3.